The summed E-state index contributed by atoms with van der Waals surface area (Å²) in [5, 5.41) is 3.01. The number of aromatic nitrogens is 1. The summed E-state index contributed by atoms with van der Waals surface area (Å²) < 4.78 is 10.7. The second-order valence-corrected chi connectivity index (χ2v) is 6.35. The quantitative estimate of drug-likeness (QED) is 0.865. The van der Waals surface area contributed by atoms with Crippen LogP contribution in [0.4, 0.5) is 4.79 Å². The van der Waals surface area contributed by atoms with Gasteiger partial charge in [0.05, 0.1) is 14.2 Å². The highest BCUT2D eigenvalue weighted by atomic mass is 16.5. The fourth-order valence-corrected chi connectivity index (χ4v) is 3.40. The summed E-state index contributed by atoms with van der Waals surface area (Å²) >= 11 is 0. The number of likely N-dealkylation sites (tertiary alicyclic amines) is 1. The minimum Gasteiger partial charge on any atom is -0.493 e. The molecule has 0 saturated carbocycles. The van der Waals surface area contributed by atoms with Crippen LogP contribution in [0.3, 0.4) is 0 Å². The molecule has 3 rings (SSSR count). The average molecular weight is 355 g/mol. The zero-order valence-corrected chi connectivity index (χ0v) is 15.3. The number of nitrogens with one attached hydrogen (secondary N) is 1. The number of hydrogen-bond donors (Lipinski definition) is 1. The first-order valence-electron chi connectivity index (χ1n) is 8.85. The molecular weight excluding hydrogens is 330 g/mol. The van der Waals surface area contributed by atoms with Crippen LogP contribution in [0.1, 0.15) is 23.5 Å². The highest BCUT2D eigenvalue weighted by Gasteiger charge is 2.27. The Hall–Kier alpha value is -2.76. The van der Waals surface area contributed by atoms with Crippen molar-refractivity contribution in [3.8, 4) is 11.5 Å². The van der Waals surface area contributed by atoms with E-state index in [1.165, 1.54) is 5.56 Å². The lowest BCUT2D eigenvalue weighted by molar-refractivity contribution is 0.208. The largest absolute Gasteiger partial charge is 0.493 e. The third-order valence-electron chi connectivity index (χ3n) is 4.79. The number of methoxy groups -OCH3 is 2. The van der Waals surface area contributed by atoms with Crippen molar-refractivity contribution in [3.63, 3.8) is 0 Å². The second kappa shape index (κ2) is 8.56. The number of carbonyl (C=O) groups is 1. The van der Waals surface area contributed by atoms with E-state index in [1.54, 1.807) is 20.4 Å². The van der Waals surface area contributed by atoms with Gasteiger partial charge in [-0.3, -0.25) is 4.98 Å². The molecule has 2 aromatic rings. The van der Waals surface area contributed by atoms with E-state index in [4.69, 9.17) is 9.47 Å². The minimum absolute atomic E-state index is 0.0155. The molecule has 1 aromatic carbocycles. The molecule has 1 atom stereocenters. The number of rotatable bonds is 6. The van der Waals surface area contributed by atoms with E-state index in [0.717, 1.165) is 30.8 Å². The Morgan fingerprint density at radius 3 is 2.88 bits per heavy atom. The van der Waals surface area contributed by atoms with Crippen molar-refractivity contribution < 1.29 is 14.3 Å². The predicted molar refractivity (Wildman–Crippen MR) is 99.8 cm³/mol. The molecule has 1 aliphatic heterocycles. The normalized spacial score (nSPS) is 16.4. The van der Waals surface area contributed by atoms with Gasteiger partial charge in [-0.15, -0.1) is 0 Å². The number of para-hydroxylation sites is 1. The minimum atomic E-state index is -0.0155. The molecule has 1 aliphatic rings. The predicted octanol–water partition coefficient (Wildman–Crippen LogP) is 2.84. The number of pyridine rings is 1. The fourth-order valence-electron chi connectivity index (χ4n) is 3.40. The average Bonchev–Trinajstić information content (AvgIpc) is 3.18. The summed E-state index contributed by atoms with van der Waals surface area (Å²) in [7, 11) is 3.25. The molecule has 1 N–H and O–H groups in total. The van der Waals surface area contributed by atoms with Gasteiger partial charge in [0, 0.05) is 37.9 Å². The first kappa shape index (κ1) is 18.0. The van der Waals surface area contributed by atoms with Crippen LogP contribution in [-0.2, 0) is 6.42 Å². The molecule has 0 spiro atoms. The van der Waals surface area contributed by atoms with Gasteiger partial charge in [0.1, 0.15) is 0 Å². The van der Waals surface area contributed by atoms with Crippen molar-refractivity contribution in [2.75, 3.05) is 33.9 Å². The molecule has 26 heavy (non-hydrogen) atoms. The SMILES string of the molecule is COc1cccc(CCNC(=O)N2CCC(c3cccnc3)C2)c1OC. The first-order chi connectivity index (χ1) is 12.7. The lowest BCUT2D eigenvalue weighted by Gasteiger charge is -2.18. The molecular formula is C20H25N3O3. The topological polar surface area (TPSA) is 63.7 Å². The van der Waals surface area contributed by atoms with E-state index < -0.39 is 0 Å². The number of hydrogen-bond acceptors (Lipinski definition) is 4. The summed E-state index contributed by atoms with van der Waals surface area (Å²) in [6.45, 7) is 2.06. The van der Waals surface area contributed by atoms with Gasteiger partial charge in [-0.1, -0.05) is 18.2 Å². The Labute approximate surface area is 154 Å². The van der Waals surface area contributed by atoms with Gasteiger partial charge in [0.15, 0.2) is 11.5 Å². The molecule has 6 nitrogen and oxygen atoms in total. The molecule has 1 aromatic heterocycles. The van der Waals surface area contributed by atoms with Gasteiger partial charge in [-0.25, -0.2) is 4.79 Å². The molecule has 138 valence electrons. The van der Waals surface area contributed by atoms with Gasteiger partial charge in [0.2, 0.25) is 0 Å². The van der Waals surface area contributed by atoms with E-state index in [-0.39, 0.29) is 6.03 Å². The van der Waals surface area contributed by atoms with Crippen molar-refractivity contribution in [1.82, 2.24) is 15.2 Å². The lowest BCUT2D eigenvalue weighted by atomic mass is 10.0. The summed E-state index contributed by atoms with van der Waals surface area (Å²) in [4.78, 5) is 18.5. The molecule has 1 fully saturated rings. The highest BCUT2D eigenvalue weighted by Crippen LogP contribution is 2.31. The van der Waals surface area contributed by atoms with Crippen LogP contribution in [0.15, 0.2) is 42.7 Å². The van der Waals surface area contributed by atoms with Crippen LogP contribution >= 0.6 is 0 Å². The third-order valence-corrected chi connectivity index (χ3v) is 4.79. The van der Waals surface area contributed by atoms with Crippen LogP contribution in [0.2, 0.25) is 0 Å². The van der Waals surface area contributed by atoms with Crippen LogP contribution in [0.25, 0.3) is 0 Å². The second-order valence-electron chi connectivity index (χ2n) is 6.35. The van der Waals surface area contributed by atoms with Crippen molar-refractivity contribution in [2.45, 2.75) is 18.8 Å². The van der Waals surface area contributed by atoms with Crippen molar-refractivity contribution in [1.29, 1.82) is 0 Å². The number of ether oxygens (including phenoxy) is 2. The van der Waals surface area contributed by atoms with E-state index in [1.807, 2.05) is 35.4 Å². The van der Waals surface area contributed by atoms with Gasteiger partial charge in [-0.05, 0) is 36.1 Å². The van der Waals surface area contributed by atoms with Gasteiger partial charge >= 0.3 is 6.03 Å². The summed E-state index contributed by atoms with van der Waals surface area (Å²) in [5.74, 6) is 1.80. The molecule has 6 heteroatoms. The number of urea groups is 1. The molecule has 2 heterocycles. The molecule has 0 radical (unpaired) electrons. The Kier molecular flexibility index (Phi) is 5.94. The maximum Gasteiger partial charge on any atom is 0.317 e. The zero-order chi connectivity index (χ0) is 18.4. The summed E-state index contributed by atoms with van der Waals surface area (Å²) in [6.07, 6.45) is 5.33. The smallest absolute Gasteiger partial charge is 0.317 e. The van der Waals surface area contributed by atoms with Gasteiger partial charge in [-0.2, -0.15) is 0 Å². The standard InChI is InChI=1S/C20H25N3O3/c1-25-18-7-3-5-15(19(18)26-2)8-11-22-20(24)23-12-9-17(14-23)16-6-4-10-21-13-16/h3-7,10,13,17H,8-9,11-12,14H2,1-2H3,(H,22,24). The van der Waals surface area contributed by atoms with Crippen molar-refractivity contribution >= 4 is 6.03 Å². The highest BCUT2D eigenvalue weighted by molar-refractivity contribution is 5.74. The van der Waals surface area contributed by atoms with Crippen LogP contribution in [-0.4, -0.2) is 49.8 Å². The fraction of sp³-hybridized carbons (Fsp3) is 0.400. The maximum atomic E-state index is 12.4. The molecule has 0 aliphatic carbocycles. The van der Waals surface area contributed by atoms with E-state index in [0.29, 0.717) is 24.6 Å². The Morgan fingerprint density at radius 1 is 1.27 bits per heavy atom. The summed E-state index contributed by atoms with van der Waals surface area (Å²) in [5.41, 5.74) is 2.21. The zero-order valence-electron chi connectivity index (χ0n) is 15.3. The van der Waals surface area contributed by atoms with Crippen LogP contribution in [0, 0.1) is 0 Å². The summed E-state index contributed by atoms with van der Waals surface area (Å²) in [6, 6.07) is 9.79. The third kappa shape index (κ3) is 4.07. The van der Waals surface area contributed by atoms with Crippen molar-refractivity contribution in [3.05, 3.63) is 53.9 Å². The Bertz CT molecular complexity index is 736. The Morgan fingerprint density at radius 2 is 2.15 bits per heavy atom. The first-order valence-corrected chi connectivity index (χ1v) is 8.85. The van der Waals surface area contributed by atoms with Gasteiger partial charge < -0.3 is 19.7 Å². The molecule has 2 amide bonds. The molecule has 1 saturated heterocycles. The lowest BCUT2D eigenvalue weighted by Crippen LogP contribution is -2.39. The number of carbonyl (C=O) groups excluding carboxylic acids is 1. The number of amides is 2. The monoisotopic (exact) mass is 355 g/mol. The van der Waals surface area contributed by atoms with Crippen LogP contribution in [0.5, 0.6) is 11.5 Å². The Balaban J connectivity index is 1.51. The van der Waals surface area contributed by atoms with E-state index >= 15 is 0 Å². The van der Waals surface area contributed by atoms with E-state index in [2.05, 4.69) is 16.4 Å². The molecule has 1 unspecified atom stereocenters. The van der Waals surface area contributed by atoms with Crippen molar-refractivity contribution in [2.24, 2.45) is 0 Å². The number of nitrogens with zero attached hydrogens (tertiary/aromatic N) is 2. The maximum absolute atomic E-state index is 12.4. The van der Waals surface area contributed by atoms with Gasteiger partial charge in [0.25, 0.3) is 0 Å². The van der Waals surface area contributed by atoms with Crippen LogP contribution < -0.4 is 14.8 Å². The number of benzene rings is 1. The molecule has 0 bridgehead atoms. The van der Waals surface area contributed by atoms with E-state index in [9.17, 15) is 4.79 Å².